The highest BCUT2D eigenvalue weighted by molar-refractivity contribution is 7.93. The lowest BCUT2D eigenvalue weighted by Crippen LogP contribution is -2.14. The number of aromatic nitrogens is 5. The lowest BCUT2D eigenvalue weighted by atomic mass is 10.1. The molecule has 39 heavy (non-hydrogen) atoms. The fourth-order valence-electron chi connectivity index (χ4n) is 4.31. The summed E-state index contributed by atoms with van der Waals surface area (Å²) in [6.07, 6.45) is -2.70. The third kappa shape index (κ3) is 5.40. The molecule has 0 radical (unpaired) electrons. The number of aliphatic hydroxyl groups excluding tert-OH is 1. The van der Waals surface area contributed by atoms with Gasteiger partial charge in [0, 0.05) is 42.2 Å². The van der Waals surface area contributed by atoms with Crippen molar-refractivity contribution in [1.82, 2.24) is 24.5 Å². The second-order valence-electron chi connectivity index (χ2n) is 8.89. The van der Waals surface area contributed by atoms with Crippen LogP contribution in [0, 0.1) is 0 Å². The second kappa shape index (κ2) is 10.2. The van der Waals surface area contributed by atoms with Gasteiger partial charge in [-0.05, 0) is 61.0 Å². The molecule has 0 aliphatic heterocycles. The van der Waals surface area contributed by atoms with Gasteiger partial charge >= 0.3 is 6.18 Å². The molecule has 0 unspecified atom stereocenters. The van der Waals surface area contributed by atoms with Crippen molar-refractivity contribution < 1.29 is 27.3 Å². The Balaban J connectivity index is 1.58. The zero-order valence-corrected chi connectivity index (χ0v) is 21.5. The van der Waals surface area contributed by atoms with E-state index in [4.69, 9.17) is 0 Å². The minimum absolute atomic E-state index is 0.0206. The van der Waals surface area contributed by atoms with Crippen LogP contribution in [0.4, 0.5) is 13.2 Å². The van der Waals surface area contributed by atoms with E-state index >= 15 is 0 Å². The van der Waals surface area contributed by atoms with E-state index in [1.807, 2.05) is 0 Å². The van der Waals surface area contributed by atoms with Crippen LogP contribution in [0.25, 0.3) is 27.8 Å². The van der Waals surface area contributed by atoms with Gasteiger partial charge < -0.3 is 5.11 Å². The molecule has 0 spiro atoms. The van der Waals surface area contributed by atoms with E-state index in [1.165, 1.54) is 23.0 Å². The standard InChI is InChI=1S/C26H23F3N6O3S/c1-34-31-23-21-15-17(25(37)33-39(38,14-4-13-36)16-19-5-2-3-12-30-19)6-11-22(21)35(24(23)32-34)20-9-7-18(8-10-20)26(27,28)29/h2-3,5-12,15,36H,4,13-14,16H2,1H3/t39-/m1/s1. The van der Waals surface area contributed by atoms with Gasteiger partial charge in [-0.3, -0.25) is 14.3 Å². The minimum atomic E-state index is -4.47. The summed E-state index contributed by atoms with van der Waals surface area (Å²) in [6.45, 7) is -0.197. The highest BCUT2D eigenvalue weighted by Gasteiger charge is 2.30. The molecule has 2 aromatic carbocycles. The molecule has 1 N–H and O–H groups in total. The van der Waals surface area contributed by atoms with Gasteiger partial charge in [-0.1, -0.05) is 6.07 Å². The molecule has 13 heteroatoms. The molecule has 3 heterocycles. The maximum absolute atomic E-state index is 13.6. The Morgan fingerprint density at radius 1 is 1.08 bits per heavy atom. The SMILES string of the molecule is Cn1nc2c3cc(C(=O)N=[S@@](=O)(CCCO)Cc4ccccn4)ccc3n(-c3ccc(C(F)(F)F)cc3)c2n1. The van der Waals surface area contributed by atoms with E-state index in [1.54, 1.807) is 48.1 Å². The van der Waals surface area contributed by atoms with Gasteiger partial charge in [0.15, 0.2) is 5.65 Å². The van der Waals surface area contributed by atoms with Crippen molar-refractivity contribution in [3.8, 4) is 5.69 Å². The van der Waals surface area contributed by atoms with Gasteiger partial charge in [0.1, 0.15) is 5.52 Å². The average Bonchev–Trinajstić information content (AvgIpc) is 3.42. The predicted molar refractivity (Wildman–Crippen MR) is 140 cm³/mol. The third-order valence-electron chi connectivity index (χ3n) is 6.07. The number of pyridine rings is 1. The predicted octanol–water partition coefficient (Wildman–Crippen LogP) is 4.52. The molecule has 0 aliphatic carbocycles. The van der Waals surface area contributed by atoms with Crippen molar-refractivity contribution in [1.29, 1.82) is 0 Å². The minimum Gasteiger partial charge on any atom is -0.396 e. The smallest absolute Gasteiger partial charge is 0.396 e. The first kappa shape index (κ1) is 26.5. The van der Waals surface area contributed by atoms with Crippen molar-refractivity contribution in [3.63, 3.8) is 0 Å². The fourth-order valence-corrected chi connectivity index (χ4v) is 6.23. The summed E-state index contributed by atoms with van der Waals surface area (Å²) in [5.74, 6) is -0.720. The fraction of sp³-hybridized carbons (Fsp3) is 0.231. The quantitative estimate of drug-likeness (QED) is 0.315. The zero-order valence-electron chi connectivity index (χ0n) is 20.7. The normalized spacial score (nSPS) is 13.6. The zero-order chi connectivity index (χ0) is 27.8. The Hall–Kier alpha value is -4.10. The van der Waals surface area contributed by atoms with E-state index in [0.29, 0.717) is 33.4 Å². The largest absolute Gasteiger partial charge is 0.416 e. The van der Waals surface area contributed by atoms with Gasteiger partial charge in [0.2, 0.25) is 0 Å². The number of nitrogens with zero attached hydrogens (tertiary/aromatic N) is 6. The van der Waals surface area contributed by atoms with Crippen LogP contribution in [0.5, 0.6) is 0 Å². The molecule has 9 nitrogen and oxygen atoms in total. The van der Waals surface area contributed by atoms with Crippen LogP contribution in [0.1, 0.15) is 28.0 Å². The Kier molecular flexibility index (Phi) is 6.95. The van der Waals surface area contributed by atoms with Crippen molar-refractivity contribution in [2.45, 2.75) is 18.3 Å². The summed E-state index contributed by atoms with van der Waals surface area (Å²) in [7, 11) is -1.46. The van der Waals surface area contributed by atoms with E-state index < -0.39 is 27.4 Å². The molecule has 3 aromatic heterocycles. The topological polar surface area (TPSA) is 115 Å². The maximum Gasteiger partial charge on any atom is 0.416 e. The number of carbonyl (C=O) groups is 1. The lowest BCUT2D eigenvalue weighted by molar-refractivity contribution is -0.137. The number of aryl methyl sites for hydroxylation is 1. The summed E-state index contributed by atoms with van der Waals surface area (Å²) in [6, 6.07) is 14.5. The molecule has 1 amide bonds. The molecule has 1 atom stereocenters. The number of hydrogen-bond acceptors (Lipinski definition) is 6. The van der Waals surface area contributed by atoms with Crippen LogP contribution in [-0.2, 0) is 28.7 Å². The van der Waals surface area contributed by atoms with Gasteiger partial charge in [0.25, 0.3) is 5.91 Å². The Bertz CT molecular complexity index is 1790. The summed E-state index contributed by atoms with van der Waals surface area (Å²) in [5.41, 5.74) is 1.76. The Morgan fingerprint density at radius 2 is 1.85 bits per heavy atom. The number of alkyl halides is 3. The maximum atomic E-state index is 13.6. The molecule has 0 saturated heterocycles. The number of halogens is 3. The number of rotatable bonds is 7. The summed E-state index contributed by atoms with van der Waals surface area (Å²) >= 11 is 0. The summed E-state index contributed by atoms with van der Waals surface area (Å²) in [4.78, 5) is 18.7. The summed E-state index contributed by atoms with van der Waals surface area (Å²) in [5, 5.41) is 18.6. The molecular weight excluding hydrogens is 533 g/mol. The first-order chi connectivity index (χ1) is 18.6. The highest BCUT2D eigenvalue weighted by atomic mass is 32.2. The van der Waals surface area contributed by atoms with Crippen LogP contribution in [0.2, 0.25) is 0 Å². The molecule has 5 aromatic rings. The van der Waals surface area contributed by atoms with Gasteiger partial charge in [-0.15, -0.1) is 5.10 Å². The molecule has 5 rings (SSSR count). The van der Waals surface area contributed by atoms with Crippen LogP contribution in [-0.4, -0.2) is 52.1 Å². The highest BCUT2D eigenvalue weighted by Crippen LogP contribution is 2.33. The average molecular weight is 557 g/mol. The summed E-state index contributed by atoms with van der Waals surface area (Å²) < 4.78 is 58.6. The van der Waals surface area contributed by atoms with Crippen LogP contribution in [0.3, 0.4) is 0 Å². The molecule has 0 saturated carbocycles. The van der Waals surface area contributed by atoms with Crippen molar-refractivity contribution in [2.75, 3.05) is 12.4 Å². The van der Waals surface area contributed by atoms with Gasteiger partial charge in [0.05, 0.1) is 32.3 Å². The number of carbonyl (C=O) groups excluding carboxylic acids is 1. The molecule has 202 valence electrons. The van der Waals surface area contributed by atoms with E-state index in [2.05, 4.69) is 19.5 Å². The van der Waals surface area contributed by atoms with Crippen molar-refractivity contribution in [3.05, 3.63) is 83.7 Å². The van der Waals surface area contributed by atoms with Crippen LogP contribution >= 0.6 is 0 Å². The number of hydrogen-bond donors (Lipinski definition) is 1. The van der Waals surface area contributed by atoms with Gasteiger partial charge in [-0.25, -0.2) is 4.21 Å². The van der Waals surface area contributed by atoms with E-state index in [-0.39, 0.29) is 30.1 Å². The van der Waals surface area contributed by atoms with E-state index in [0.717, 1.165) is 12.1 Å². The number of fused-ring (bicyclic) bond motifs is 3. The number of aliphatic hydroxyl groups is 1. The Labute approximate surface area is 221 Å². The van der Waals surface area contributed by atoms with Crippen LogP contribution < -0.4 is 0 Å². The molecule has 0 fully saturated rings. The monoisotopic (exact) mass is 556 g/mol. The Morgan fingerprint density at radius 3 is 2.51 bits per heavy atom. The number of benzene rings is 2. The first-order valence-corrected chi connectivity index (χ1v) is 13.7. The van der Waals surface area contributed by atoms with Crippen molar-refractivity contribution in [2.24, 2.45) is 11.4 Å². The van der Waals surface area contributed by atoms with Crippen molar-refractivity contribution >= 4 is 37.7 Å². The first-order valence-electron chi connectivity index (χ1n) is 11.9. The number of amides is 1. The molecule has 0 aliphatic rings. The van der Waals surface area contributed by atoms with Crippen LogP contribution in [0.15, 0.2) is 71.2 Å². The van der Waals surface area contributed by atoms with E-state index in [9.17, 15) is 27.3 Å². The molecule has 0 bridgehead atoms. The second-order valence-corrected chi connectivity index (χ2v) is 11.3. The lowest BCUT2D eigenvalue weighted by Gasteiger charge is -2.10. The van der Waals surface area contributed by atoms with Gasteiger partial charge in [-0.2, -0.15) is 27.4 Å². The third-order valence-corrected chi connectivity index (χ3v) is 8.24. The molecular formula is C26H23F3N6O3S.